The van der Waals surface area contributed by atoms with Gasteiger partial charge >= 0.3 is 6.09 Å². The summed E-state index contributed by atoms with van der Waals surface area (Å²) in [6.45, 7) is 7.16. The highest BCUT2D eigenvalue weighted by molar-refractivity contribution is 8.21. The Morgan fingerprint density at radius 2 is 1.96 bits per heavy atom. The zero-order valence-electron chi connectivity index (χ0n) is 17.1. The first-order valence-corrected chi connectivity index (χ1v) is 12.4. The quantitative estimate of drug-likeness (QED) is 0.594. The number of nitrogens with one attached hydrogen (secondary N) is 1. The Labute approximate surface area is 177 Å². The number of amides is 1. The van der Waals surface area contributed by atoms with Gasteiger partial charge in [-0.15, -0.1) is 23.5 Å². The number of carbonyl (C=O) groups excluding carboxylic acids is 1. The van der Waals surface area contributed by atoms with E-state index in [1.807, 2.05) is 37.3 Å². The molecule has 1 aliphatic heterocycles. The van der Waals surface area contributed by atoms with Crippen molar-refractivity contribution in [1.29, 1.82) is 0 Å². The molecular weight excluding hydrogens is 386 g/mol. The Morgan fingerprint density at radius 3 is 2.68 bits per heavy atom. The monoisotopic (exact) mass is 417 g/mol. The molecule has 1 aromatic carbocycles. The first-order chi connectivity index (χ1) is 13.4. The van der Waals surface area contributed by atoms with Gasteiger partial charge in [-0.05, 0) is 49.7 Å². The number of benzene rings is 1. The van der Waals surface area contributed by atoms with Crippen LogP contribution < -0.4 is 5.32 Å². The highest BCUT2D eigenvalue weighted by Crippen LogP contribution is 2.65. The normalized spacial score (nSPS) is 29.6. The van der Waals surface area contributed by atoms with E-state index in [0.717, 1.165) is 5.56 Å². The van der Waals surface area contributed by atoms with Gasteiger partial charge in [0.1, 0.15) is 6.61 Å². The second-order valence-corrected chi connectivity index (χ2v) is 11.7. The fourth-order valence-corrected chi connectivity index (χ4v) is 8.79. The van der Waals surface area contributed by atoms with E-state index in [0.29, 0.717) is 12.5 Å². The van der Waals surface area contributed by atoms with Gasteiger partial charge in [0.15, 0.2) is 0 Å². The van der Waals surface area contributed by atoms with Gasteiger partial charge in [-0.2, -0.15) is 0 Å². The number of carbonyl (C=O) groups is 1. The first-order valence-electron chi connectivity index (χ1n) is 10.4. The summed E-state index contributed by atoms with van der Waals surface area (Å²) in [7, 11) is 0. The standard InChI is InChI=1S/C23H31NO2S2/c1-16-9-10-19-11-12-23(27-13-14-28-23)20(19)22(16,3)15-26-21(25)24-17(2)18-7-5-4-6-8-18/h4-8,16-17H,9-15H2,1-3H3,(H,24,25)/t16-,17-,22-/m0/s1. The smallest absolute Gasteiger partial charge is 0.407 e. The van der Waals surface area contributed by atoms with Gasteiger partial charge in [-0.25, -0.2) is 4.79 Å². The van der Waals surface area contributed by atoms with Crippen molar-refractivity contribution in [2.45, 2.75) is 56.6 Å². The molecule has 3 atom stereocenters. The fourth-order valence-electron chi connectivity index (χ4n) is 5.10. The molecule has 1 spiro atoms. The molecule has 0 radical (unpaired) electrons. The molecule has 1 aromatic rings. The third-order valence-corrected chi connectivity index (χ3v) is 10.5. The fraction of sp³-hybridized carbons (Fsp3) is 0.609. The van der Waals surface area contributed by atoms with Crippen molar-refractivity contribution in [1.82, 2.24) is 5.32 Å². The van der Waals surface area contributed by atoms with E-state index >= 15 is 0 Å². The van der Waals surface area contributed by atoms with E-state index < -0.39 is 0 Å². The highest BCUT2D eigenvalue weighted by atomic mass is 32.2. The summed E-state index contributed by atoms with van der Waals surface area (Å²) >= 11 is 4.27. The van der Waals surface area contributed by atoms with Gasteiger partial charge in [0.2, 0.25) is 0 Å². The van der Waals surface area contributed by atoms with Crippen LogP contribution in [0.2, 0.25) is 0 Å². The van der Waals surface area contributed by atoms with Crippen LogP contribution in [0, 0.1) is 11.3 Å². The molecular formula is C23H31NO2S2. The maximum atomic E-state index is 12.6. The topological polar surface area (TPSA) is 38.3 Å². The lowest BCUT2D eigenvalue weighted by Crippen LogP contribution is -2.43. The molecule has 0 bridgehead atoms. The maximum absolute atomic E-state index is 12.6. The number of alkyl carbamates (subject to hydrolysis) is 1. The number of hydrogen-bond acceptors (Lipinski definition) is 4. The van der Waals surface area contributed by atoms with E-state index in [9.17, 15) is 4.79 Å². The number of rotatable bonds is 4. The van der Waals surface area contributed by atoms with E-state index in [2.05, 4.69) is 42.7 Å². The molecule has 152 valence electrons. The lowest BCUT2D eigenvalue weighted by molar-refractivity contribution is 0.0698. The second kappa shape index (κ2) is 7.98. The minimum absolute atomic E-state index is 0.0538. The van der Waals surface area contributed by atoms with Crippen LogP contribution in [0.4, 0.5) is 4.79 Å². The average molecular weight is 418 g/mol. The van der Waals surface area contributed by atoms with Crippen molar-refractivity contribution in [2.75, 3.05) is 18.1 Å². The molecule has 1 amide bonds. The molecule has 1 heterocycles. The molecule has 2 aliphatic carbocycles. The maximum Gasteiger partial charge on any atom is 0.407 e. The second-order valence-electron chi connectivity index (χ2n) is 8.64. The van der Waals surface area contributed by atoms with Crippen LogP contribution in [0.1, 0.15) is 58.1 Å². The lowest BCUT2D eigenvalue weighted by Gasteiger charge is -2.46. The number of allylic oxidation sites excluding steroid dienone is 1. The first kappa shape index (κ1) is 20.2. The summed E-state index contributed by atoms with van der Waals surface area (Å²) in [5.74, 6) is 3.01. The lowest BCUT2D eigenvalue weighted by atomic mass is 9.65. The largest absolute Gasteiger partial charge is 0.449 e. The Kier molecular flexibility index (Phi) is 5.76. The molecule has 0 saturated carbocycles. The molecule has 5 heteroatoms. The van der Waals surface area contributed by atoms with Crippen LogP contribution in [-0.4, -0.2) is 28.3 Å². The summed E-state index contributed by atoms with van der Waals surface area (Å²) in [6.07, 6.45) is 4.61. The van der Waals surface area contributed by atoms with Crippen molar-refractivity contribution < 1.29 is 9.53 Å². The Hall–Kier alpha value is -1.07. The molecule has 4 rings (SSSR count). The number of ether oxygens (including phenoxy) is 1. The molecule has 3 aliphatic rings. The Bertz CT molecular complexity index is 757. The zero-order chi connectivity index (χ0) is 19.8. The summed E-state index contributed by atoms with van der Waals surface area (Å²) in [5, 5.41) is 3.00. The number of hydrogen-bond donors (Lipinski definition) is 1. The van der Waals surface area contributed by atoms with Crippen molar-refractivity contribution >= 4 is 29.6 Å². The molecule has 1 saturated heterocycles. The molecule has 28 heavy (non-hydrogen) atoms. The summed E-state index contributed by atoms with van der Waals surface area (Å²) in [6, 6.07) is 9.98. The number of fused-ring (bicyclic) bond motifs is 1. The minimum Gasteiger partial charge on any atom is -0.449 e. The molecule has 0 aromatic heterocycles. The van der Waals surface area contributed by atoms with Crippen molar-refractivity contribution in [2.24, 2.45) is 11.3 Å². The highest BCUT2D eigenvalue weighted by Gasteiger charge is 2.55. The summed E-state index contributed by atoms with van der Waals surface area (Å²) < 4.78 is 6.10. The third kappa shape index (κ3) is 3.60. The van der Waals surface area contributed by atoms with Crippen molar-refractivity contribution in [3.8, 4) is 0 Å². The van der Waals surface area contributed by atoms with E-state index in [4.69, 9.17) is 4.74 Å². The van der Waals surface area contributed by atoms with Gasteiger partial charge in [0.25, 0.3) is 0 Å². The van der Waals surface area contributed by atoms with E-state index in [1.165, 1.54) is 37.2 Å². The molecule has 1 fully saturated rings. The number of thioether (sulfide) groups is 2. The van der Waals surface area contributed by atoms with E-state index in [1.54, 1.807) is 11.1 Å². The van der Waals surface area contributed by atoms with Crippen LogP contribution >= 0.6 is 23.5 Å². The third-order valence-electron chi connectivity index (χ3n) is 6.92. The molecule has 3 nitrogen and oxygen atoms in total. The van der Waals surface area contributed by atoms with Gasteiger partial charge in [0, 0.05) is 16.9 Å². The molecule has 1 N–H and O–H groups in total. The Morgan fingerprint density at radius 1 is 1.25 bits per heavy atom. The van der Waals surface area contributed by atoms with Gasteiger partial charge in [-0.3, -0.25) is 0 Å². The predicted octanol–water partition coefficient (Wildman–Crippen LogP) is 6.18. The SMILES string of the molecule is C[C@H](NC(=O)OC[C@]1(C)C2=C(CC[C@@H]1C)CCC21SCCS1)c1ccccc1. The van der Waals surface area contributed by atoms with Crippen LogP contribution in [-0.2, 0) is 4.74 Å². The minimum atomic E-state index is -0.309. The summed E-state index contributed by atoms with van der Waals surface area (Å²) in [5.41, 5.74) is 4.32. The van der Waals surface area contributed by atoms with Crippen LogP contribution in [0.25, 0.3) is 0 Å². The van der Waals surface area contributed by atoms with E-state index in [-0.39, 0.29) is 21.6 Å². The molecule has 0 unspecified atom stereocenters. The van der Waals surface area contributed by atoms with Crippen molar-refractivity contribution in [3.05, 3.63) is 47.0 Å². The average Bonchev–Trinajstić information content (AvgIpc) is 3.32. The van der Waals surface area contributed by atoms with Gasteiger partial charge in [0.05, 0.1) is 10.1 Å². The zero-order valence-corrected chi connectivity index (χ0v) is 18.8. The van der Waals surface area contributed by atoms with Gasteiger partial charge < -0.3 is 10.1 Å². The summed E-state index contributed by atoms with van der Waals surface area (Å²) in [4.78, 5) is 12.6. The van der Waals surface area contributed by atoms with Crippen LogP contribution in [0.5, 0.6) is 0 Å². The Balaban J connectivity index is 1.46. The van der Waals surface area contributed by atoms with Crippen molar-refractivity contribution in [3.63, 3.8) is 0 Å². The van der Waals surface area contributed by atoms with Crippen LogP contribution in [0.15, 0.2) is 41.5 Å². The predicted molar refractivity (Wildman–Crippen MR) is 120 cm³/mol. The van der Waals surface area contributed by atoms with Crippen LogP contribution in [0.3, 0.4) is 0 Å². The van der Waals surface area contributed by atoms with Gasteiger partial charge in [-0.1, -0.05) is 49.8 Å².